The van der Waals surface area contributed by atoms with Crippen molar-refractivity contribution >= 4 is 5.97 Å². The van der Waals surface area contributed by atoms with Crippen LogP contribution in [0, 0.1) is 0 Å². The number of hydrogen-bond acceptors (Lipinski definition) is 4. The van der Waals surface area contributed by atoms with Gasteiger partial charge in [0, 0.05) is 13.3 Å². The van der Waals surface area contributed by atoms with E-state index < -0.39 is 5.79 Å². The first-order valence-corrected chi connectivity index (χ1v) is 6.01. The lowest BCUT2D eigenvalue weighted by Crippen LogP contribution is -2.46. The van der Waals surface area contributed by atoms with E-state index >= 15 is 0 Å². The summed E-state index contributed by atoms with van der Waals surface area (Å²) in [5.41, 5.74) is 0.786. The summed E-state index contributed by atoms with van der Waals surface area (Å²) < 4.78 is 16.7. The number of ether oxygens (including phenoxy) is 3. The minimum absolute atomic E-state index is 0.0222. The predicted molar refractivity (Wildman–Crippen MR) is 62.4 cm³/mol. The first-order valence-electron chi connectivity index (χ1n) is 6.01. The molecule has 0 aromatic carbocycles. The van der Waals surface area contributed by atoms with Gasteiger partial charge in [-0.05, 0) is 32.3 Å². The maximum Gasteiger partial charge on any atom is 0.302 e. The molecule has 0 bridgehead atoms. The third-order valence-corrected chi connectivity index (χ3v) is 3.17. The van der Waals surface area contributed by atoms with Crippen LogP contribution in [0.3, 0.4) is 0 Å². The van der Waals surface area contributed by atoms with Crippen LogP contribution in [0.1, 0.15) is 40.0 Å². The van der Waals surface area contributed by atoms with Gasteiger partial charge in [-0.25, -0.2) is 0 Å². The molecule has 1 aliphatic heterocycles. The molecule has 1 saturated carbocycles. The zero-order valence-electron chi connectivity index (χ0n) is 10.7. The van der Waals surface area contributed by atoms with E-state index in [0.29, 0.717) is 0 Å². The van der Waals surface area contributed by atoms with Gasteiger partial charge in [0.05, 0.1) is 11.7 Å². The van der Waals surface area contributed by atoms with Gasteiger partial charge >= 0.3 is 5.97 Å². The molecule has 1 spiro atoms. The van der Waals surface area contributed by atoms with Gasteiger partial charge in [-0.3, -0.25) is 4.79 Å². The van der Waals surface area contributed by atoms with Gasteiger partial charge in [-0.2, -0.15) is 0 Å². The van der Waals surface area contributed by atoms with E-state index in [1.54, 1.807) is 0 Å². The standard InChI is InChI=1S/C13H20O4/c1-9(8-15-10(2)14)11-7-13(5-6-13)17-12(3,4)16-11/h11H,1,5-8H2,2-4H3/t11-/m0/s1. The van der Waals surface area contributed by atoms with Crippen molar-refractivity contribution in [3.05, 3.63) is 12.2 Å². The lowest BCUT2D eigenvalue weighted by atomic mass is 10.0. The Hall–Kier alpha value is -0.870. The van der Waals surface area contributed by atoms with Gasteiger partial charge in [0.25, 0.3) is 0 Å². The monoisotopic (exact) mass is 240 g/mol. The molecule has 0 N–H and O–H groups in total. The van der Waals surface area contributed by atoms with Crippen LogP contribution in [0.5, 0.6) is 0 Å². The molecule has 1 aliphatic carbocycles. The molecule has 17 heavy (non-hydrogen) atoms. The van der Waals surface area contributed by atoms with Gasteiger partial charge in [-0.15, -0.1) is 0 Å². The van der Waals surface area contributed by atoms with E-state index in [0.717, 1.165) is 24.8 Å². The van der Waals surface area contributed by atoms with E-state index in [2.05, 4.69) is 6.58 Å². The molecule has 2 fully saturated rings. The Balaban J connectivity index is 1.96. The number of hydrogen-bond donors (Lipinski definition) is 0. The summed E-state index contributed by atoms with van der Waals surface area (Å²) in [4.78, 5) is 10.8. The predicted octanol–water partition coefficient (Wildman–Crippen LogP) is 2.18. The van der Waals surface area contributed by atoms with Crippen LogP contribution in [-0.2, 0) is 19.0 Å². The second-order valence-electron chi connectivity index (χ2n) is 5.43. The first-order chi connectivity index (χ1) is 7.82. The summed E-state index contributed by atoms with van der Waals surface area (Å²) in [6.45, 7) is 9.40. The lowest BCUT2D eigenvalue weighted by molar-refractivity contribution is -0.302. The van der Waals surface area contributed by atoms with Crippen molar-refractivity contribution in [2.24, 2.45) is 0 Å². The molecule has 0 radical (unpaired) electrons. The molecule has 4 heteroatoms. The number of rotatable bonds is 3. The summed E-state index contributed by atoms with van der Waals surface area (Å²) in [7, 11) is 0. The highest BCUT2D eigenvalue weighted by Crippen LogP contribution is 2.51. The Morgan fingerprint density at radius 2 is 2.12 bits per heavy atom. The summed E-state index contributed by atoms with van der Waals surface area (Å²) in [5.74, 6) is -0.878. The minimum Gasteiger partial charge on any atom is -0.461 e. The van der Waals surface area contributed by atoms with Crippen molar-refractivity contribution in [1.29, 1.82) is 0 Å². The lowest BCUT2D eigenvalue weighted by Gasteiger charge is -2.41. The average molecular weight is 240 g/mol. The SMILES string of the molecule is C=C(COC(C)=O)[C@@H]1CC2(CC2)OC(C)(C)O1. The number of esters is 1. The highest BCUT2D eigenvalue weighted by molar-refractivity contribution is 5.66. The fraction of sp³-hybridized carbons (Fsp3) is 0.769. The molecule has 96 valence electrons. The molecule has 1 atom stereocenters. The average Bonchev–Trinajstić information content (AvgIpc) is 2.90. The molecule has 2 rings (SSSR count). The van der Waals surface area contributed by atoms with Crippen molar-refractivity contribution in [3.63, 3.8) is 0 Å². The Kier molecular flexibility index (Phi) is 3.04. The molecule has 2 aliphatic rings. The fourth-order valence-corrected chi connectivity index (χ4v) is 2.27. The maximum absolute atomic E-state index is 10.8. The zero-order chi connectivity index (χ0) is 12.7. The molecule has 0 aromatic heterocycles. The zero-order valence-corrected chi connectivity index (χ0v) is 10.7. The molecular weight excluding hydrogens is 220 g/mol. The quantitative estimate of drug-likeness (QED) is 0.560. The van der Waals surface area contributed by atoms with Crippen LogP contribution < -0.4 is 0 Å². The fourth-order valence-electron chi connectivity index (χ4n) is 2.27. The van der Waals surface area contributed by atoms with Gasteiger partial charge in [-0.1, -0.05) is 6.58 Å². The van der Waals surface area contributed by atoms with Gasteiger partial charge < -0.3 is 14.2 Å². The summed E-state index contributed by atoms with van der Waals surface area (Å²) in [5, 5.41) is 0. The normalized spacial score (nSPS) is 28.8. The van der Waals surface area contributed by atoms with Crippen LogP contribution in [0.25, 0.3) is 0 Å². The summed E-state index contributed by atoms with van der Waals surface area (Å²) in [6, 6.07) is 0. The first kappa shape index (κ1) is 12.6. The van der Waals surface area contributed by atoms with Gasteiger partial charge in [0.2, 0.25) is 0 Å². The molecular formula is C13H20O4. The second kappa shape index (κ2) is 4.10. The Morgan fingerprint density at radius 1 is 1.47 bits per heavy atom. The molecule has 4 nitrogen and oxygen atoms in total. The van der Waals surface area contributed by atoms with E-state index in [-0.39, 0.29) is 24.3 Å². The van der Waals surface area contributed by atoms with Crippen LogP contribution >= 0.6 is 0 Å². The van der Waals surface area contributed by atoms with E-state index in [1.165, 1.54) is 6.92 Å². The van der Waals surface area contributed by atoms with Crippen molar-refractivity contribution < 1.29 is 19.0 Å². The third kappa shape index (κ3) is 3.07. The number of carbonyl (C=O) groups excluding carboxylic acids is 1. The van der Waals surface area contributed by atoms with Gasteiger partial charge in [0.15, 0.2) is 5.79 Å². The number of carbonyl (C=O) groups is 1. The van der Waals surface area contributed by atoms with Crippen molar-refractivity contribution in [1.82, 2.24) is 0 Å². The molecule has 1 saturated heterocycles. The molecule has 0 amide bonds. The molecule has 0 unspecified atom stereocenters. The second-order valence-corrected chi connectivity index (χ2v) is 5.43. The van der Waals surface area contributed by atoms with E-state index in [4.69, 9.17) is 14.2 Å². The van der Waals surface area contributed by atoms with Gasteiger partial charge in [0.1, 0.15) is 6.61 Å². The third-order valence-electron chi connectivity index (χ3n) is 3.17. The highest BCUT2D eigenvalue weighted by Gasteiger charge is 2.54. The van der Waals surface area contributed by atoms with Crippen LogP contribution in [-0.4, -0.2) is 30.1 Å². The van der Waals surface area contributed by atoms with E-state index in [1.807, 2.05) is 13.8 Å². The van der Waals surface area contributed by atoms with Crippen LogP contribution in [0.15, 0.2) is 12.2 Å². The smallest absolute Gasteiger partial charge is 0.302 e. The van der Waals surface area contributed by atoms with Crippen molar-refractivity contribution in [3.8, 4) is 0 Å². The topological polar surface area (TPSA) is 44.8 Å². The largest absolute Gasteiger partial charge is 0.461 e. The summed E-state index contributed by atoms with van der Waals surface area (Å²) in [6.07, 6.45) is 2.89. The molecule has 0 aromatic rings. The van der Waals surface area contributed by atoms with Crippen LogP contribution in [0.4, 0.5) is 0 Å². The Morgan fingerprint density at radius 3 is 2.65 bits per heavy atom. The Labute approximate surface area is 102 Å². The van der Waals surface area contributed by atoms with E-state index in [9.17, 15) is 4.79 Å². The highest BCUT2D eigenvalue weighted by atomic mass is 16.7. The summed E-state index contributed by atoms with van der Waals surface area (Å²) >= 11 is 0. The van der Waals surface area contributed by atoms with Crippen molar-refractivity contribution in [2.45, 2.75) is 57.5 Å². The van der Waals surface area contributed by atoms with Crippen molar-refractivity contribution in [2.75, 3.05) is 6.61 Å². The van der Waals surface area contributed by atoms with Crippen LogP contribution in [0.2, 0.25) is 0 Å². The maximum atomic E-state index is 10.8. The molecule has 1 heterocycles. The minimum atomic E-state index is -0.585. The Bertz CT molecular complexity index is 335.